The highest BCUT2D eigenvalue weighted by Crippen LogP contribution is 2.30. The zero-order chi connectivity index (χ0) is 25.7. The molecule has 0 aromatic heterocycles. The Morgan fingerprint density at radius 3 is 2.64 bits per heavy atom. The van der Waals surface area contributed by atoms with Gasteiger partial charge in [0, 0.05) is 44.7 Å². The smallest absolute Gasteiger partial charge is 0.406 e. The molecule has 10 heteroatoms. The quantitative estimate of drug-likeness (QED) is 0.578. The van der Waals surface area contributed by atoms with Crippen molar-refractivity contribution in [3.8, 4) is 5.75 Å². The molecule has 36 heavy (non-hydrogen) atoms. The SMILES string of the molecule is CN1[C@@H](CCC(=O)NCc2ccccc2)CNC(=O)[C@@H]2[C@@H]1CCN2Cc1cccc(OC(F)(F)F)c1. The molecule has 2 aromatic carbocycles. The highest BCUT2D eigenvalue weighted by Gasteiger charge is 2.45. The van der Waals surface area contributed by atoms with E-state index in [1.807, 2.05) is 42.3 Å². The van der Waals surface area contributed by atoms with Crippen LogP contribution in [0.25, 0.3) is 0 Å². The number of alkyl halides is 3. The minimum Gasteiger partial charge on any atom is -0.406 e. The third-order valence-corrected chi connectivity index (χ3v) is 6.90. The minimum atomic E-state index is -4.76. The average Bonchev–Trinajstić information content (AvgIpc) is 3.20. The van der Waals surface area contributed by atoms with E-state index in [1.165, 1.54) is 18.2 Å². The van der Waals surface area contributed by atoms with Crippen LogP contribution in [0.1, 0.15) is 30.4 Å². The molecule has 0 radical (unpaired) electrons. The van der Waals surface area contributed by atoms with Gasteiger partial charge in [0.2, 0.25) is 11.8 Å². The van der Waals surface area contributed by atoms with Gasteiger partial charge in [-0.3, -0.25) is 19.4 Å². The average molecular weight is 505 g/mol. The van der Waals surface area contributed by atoms with Crippen molar-refractivity contribution in [2.75, 3.05) is 20.1 Å². The maximum atomic E-state index is 13.0. The van der Waals surface area contributed by atoms with Gasteiger partial charge in [-0.25, -0.2) is 0 Å². The van der Waals surface area contributed by atoms with E-state index < -0.39 is 12.4 Å². The Balaban J connectivity index is 1.34. The number of nitrogens with zero attached hydrogens (tertiary/aromatic N) is 2. The second kappa shape index (κ2) is 11.3. The molecule has 4 rings (SSSR count). The van der Waals surface area contributed by atoms with Crippen molar-refractivity contribution >= 4 is 11.8 Å². The standard InChI is InChI=1S/C26H31F3N4O3/c1-32-20(10-11-23(34)30-15-18-6-3-2-4-7-18)16-31-25(35)24-22(32)12-13-33(24)17-19-8-5-9-21(14-19)36-26(27,28)29/h2-9,14,20,22,24H,10-13,15-17H2,1H3,(H,30,34)(H,31,35)/t20-,22-,24-/m0/s1. The molecule has 2 fully saturated rings. The van der Waals surface area contributed by atoms with Crippen LogP contribution in [-0.4, -0.2) is 66.2 Å². The zero-order valence-electron chi connectivity index (χ0n) is 20.1. The van der Waals surface area contributed by atoms with Crippen LogP contribution in [0.15, 0.2) is 54.6 Å². The van der Waals surface area contributed by atoms with Crippen molar-refractivity contribution in [2.45, 2.75) is 56.8 Å². The molecule has 2 aromatic rings. The van der Waals surface area contributed by atoms with Crippen LogP contribution in [0.4, 0.5) is 13.2 Å². The van der Waals surface area contributed by atoms with E-state index in [1.54, 1.807) is 6.07 Å². The molecule has 2 saturated heterocycles. The number of benzene rings is 2. The van der Waals surface area contributed by atoms with Crippen LogP contribution in [-0.2, 0) is 22.7 Å². The summed E-state index contributed by atoms with van der Waals surface area (Å²) in [5.74, 6) is -0.403. The topological polar surface area (TPSA) is 73.9 Å². The summed E-state index contributed by atoms with van der Waals surface area (Å²) in [5.41, 5.74) is 1.68. The molecule has 0 unspecified atom stereocenters. The van der Waals surface area contributed by atoms with Crippen LogP contribution >= 0.6 is 0 Å². The van der Waals surface area contributed by atoms with E-state index in [0.717, 1.165) is 12.0 Å². The Hall–Kier alpha value is -3.11. The zero-order valence-corrected chi connectivity index (χ0v) is 20.1. The number of halogens is 3. The number of amides is 2. The molecular formula is C26H31F3N4O3. The number of carbonyl (C=O) groups is 2. The number of nitrogens with one attached hydrogen (secondary N) is 2. The molecule has 0 aliphatic carbocycles. The largest absolute Gasteiger partial charge is 0.573 e. The summed E-state index contributed by atoms with van der Waals surface area (Å²) in [6.07, 6.45) is -3.04. The number of hydrogen-bond acceptors (Lipinski definition) is 5. The summed E-state index contributed by atoms with van der Waals surface area (Å²) >= 11 is 0. The van der Waals surface area contributed by atoms with Crippen molar-refractivity contribution in [1.82, 2.24) is 20.4 Å². The maximum Gasteiger partial charge on any atom is 0.573 e. The van der Waals surface area contributed by atoms with E-state index in [4.69, 9.17) is 0 Å². The molecule has 0 spiro atoms. The van der Waals surface area contributed by atoms with Crippen LogP contribution in [0.3, 0.4) is 0 Å². The van der Waals surface area contributed by atoms with Gasteiger partial charge in [-0.1, -0.05) is 42.5 Å². The van der Waals surface area contributed by atoms with Gasteiger partial charge in [0.1, 0.15) is 11.8 Å². The van der Waals surface area contributed by atoms with E-state index in [9.17, 15) is 22.8 Å². The van der Waals surface area contributed by atoms with E-state index in [-0.39, 0.29) is 29.6 Å². The van der Waals surface area contributed by atoms with Crippen molar-refractivity contribution in [3.05, 3.63) is 65.7 Å². The highest BCUT2D eigenvalue weighted by atomic mass is 19.4. The first-order valence-corrected chi connectivity index (χ1v) is 12.1. The van der Waals surface area contributed by atoms with Gasteiger partial charge in [-0.2, -0.15) is 0 Å². The molecule has 2 aliphatic rings. The second-order valence-electron chi connectivity index (χ2n) is 9.33. The number of ether oxygens (including phenoxy) is 1. The molecule has 2 N–H and O–H groups in total. The lowest BCUT2D eigenvalue weighted by Gasteiger charge is -2.33. The predicted molar refractivity (Wildman–Crippen MR) is 128 cm³/mol. The Labute approximate surface area is 208 Å². The van der Waals surface area contributed by atoms with Gasteiger partial charge >= 0.3 is 6.36 Å². The minimum absolute atomic E-state index is 0.00916. The molecule has 2 heterocycles. The fraction of sp³-hybridized carbons (Fsp3) is 0.462. The molecule has 2 aliphatic heterocycles. The Kier molecular flexibility index (Phi) is 8.15. The maximum absolute atomic E-state index is 13.0. The van der Waals surface area contributed by atoms with Crippen LogP contribution in [0, 0.1) is 0 Å². The van der Waals surface area contributed by atoms with Crippen molar-refractivity contribution in [1.29, 1.82) is 0 Å². The lowest BCUT2D eigenvalue weighted by Crippen LogP contribution is -2.49. The summed E-state index contributed by atoms with van der Waals surface area (Å²) in [6.45, 7) is 1.90. The summed E-state index contributed by atoms with van der Waals surface area (Å²) in [4.78, 5) is 29.6. The van der Waals surface area contributed by atoms with Crippen LogP contribution in [0.2, 0.25) is 0 Å². The Bertz CT molecular complexity index is 1050. The number of hydrogen-bond donors (Lipinski definition) is 2. The fourth-order valence-corrected chi connectivity index (χ4v) is 5.08. The third kappa shape index (κ3) is 6.76. The number of likely N-dealkylation sites (N-methyl/N-ethyl adjacent to an activating group) is 1. The monoisotopic (exact) mass is 504 g/mol. The number of carbonyl (C=O) groups excluding carboxylic acids is 2. The van der Waals surface area contributed by atoms with Gasteiger partial charge in [0.05, 0.1) is 0 Å². The summed E-state index contributed by atoms with van der Waals surface area (Å²) in [7, 11) is 1.98. The van der Waals surface area contributed by atoms with Gasteiger partial charge < -0.3 is 15.4 Å². The first kappa shape index (κ1) is 26.0. The molecule has 0 saturated carbocycles. The number of rotatable bonds is 8. The third-order valence-electron chi connectivity index (χ3n) is 6.90. The Morgan fingerprint density at radius 1 is 1.14 bits per heavy atom. The van der Waals surface area contributed by atoms with E-state index >= 15 is 0 Å². The van der Waals surface area contributed by atoms with Gasteiger partial charge in [0.25, 0.3) is 0 Å². The van der Waals surface area contributed by atoms with Crippen molar-refractivity contribution in [2.24, 2.45) is 0 Å². The number of fused-ring (bicyclic) bond motifs is 1. The van der Waals surface area contributed by atoms with Crippen LogP contribution in [0.5, 0.6) is 5.75 Å². The van der Waals surface area contributed by atoms with Gasteiger partial charge in [-0.05, 0) is 43.1 Å². The number of likely N-dealkylation sites (tertiary alicyclic amines) is 1. The molecular weight excluding hydrogens is 473 g/mol. The predicted octanol–water partition coefficient (Wildman–Crippen LogP) is 3.05. The fourth-order valence-electron chi connectivity index (χ4n) is 5.08. The van der Waals surface area contributed by atoms with Crippen molar-refractivity contribution in [3.63, 3.8) is 0 Å². The normalized spacial score (nSPS) is 23.0. The summed E-state index contributed by atoms with van der Waals surface area (Å²) in [6, 6.07) is 15.1. The highest BCUT2D eigenvalue weighted by molar-refractivity contribution is 5.83. The lowest BCUT2D eigenvalue weighted by molar-refractivity contribution is -0.274. The molecule has 7 nitrogen and oxygen atoms in total. The molecule has 0 bridgehead atoms. The first-order valence-electron chi connectivity index (χ1n) is 12.1. The molecule has 3 atom stereocenters. The van der Waals surface area contributed by atoms with Crippen LogP contribution < -0.4 is 15.4 Å². The molecule has 194 valence electrons. The van der Waals surface area contributed by atoms with E-state index in [2.05, 4.69) is 20.3 Å². The van der Waals surface area contributed by atoms with Crippen molar-refractivity contribution < 1.29 is 27.5 Å². The van der Waals surface area contributed by atoms with Gasteiger partial charge in [-0.15, -0.1) is 13.2 Å². The second-order valence-corrected chi connectivity index (χ2v) is 9.33. The summed E-state index contributed by atoms with van der Waals surface area (Å²) < 4.78 is 41.8. The van der Waals surface area contributed by atoms with E-state index in [0.29, 0.717) is 44.6 Å². The molecule has 2 amide bonds. The first-order chi connectivity index (χ1) is 17.2. The lowest BCUT2D eigenvalue weighted by atomic mass is 10.0. The van der Waals surface area contributed by atoms with Gasteiger partial charge in [0.15, 0.2) is 0 Å². The summed E-state index contributed by atoms with van der Waals surface area (Å²) in [5, 5.41) is 5.95. The Morgan fingerprint density at radius 2 is 1.89 bits per heavy atom.